The summed E-state index contributed by atoms with van der Waals surface area (Å²) >= 11 is 6.35. The fraction of sp³-hybridized carbons (Fsp3) is 0.333. The van der Waals surface area contributed by atoms with Gasteiger partial charge in [0, 0.05) is 43.7 Å². The first-order valence-corrected chi connectivity index (χ1v) is 10.6. The summed E-state index contributed by atoms with van der Waals surface area (Å²) in [6.07, 6.45) is 4.14. The smallest absolute Gasteiger partial charge is 0.222 e. The topological polar surface area (TPSA) is 36.4 Å². The van der Waals surface area contributed by atoms with Gasteiger partial charge >= 0.3 is 0 Å². The standard InChI is InChI=1S/C24H26ClN3O/c1-18-17-27(23-12-3-2-10-21(23)25)15-16-28(18)24(29)13-5-8-19-7-4-11-22-20(19)9-6-14-26-22/h2-4,6-7,9-12,14,18H,5,8,13,15-17H2,1H3/t18-/m1/s1. The zero-order valence-electron chi connectivity index (χ0n) is 16.7. The molecule has 0 spiro atoms. The maximum absolute atomic E-state index is 12.8. The number of carbonyl (C=O) groups is 1. The average molecular weight is 408 g/mol. The molecule has 29 heavy (non-hydrogen) atoms. The quantitative estimate of drug-likeness (QED) is 0.600. The molecule has 0 aliphatic carbocycles. The lowest BCUT2D eigenvalue weighted by Crippen LogP contribution is -2.54. The van der Waals surface area contributed by atoms with Gasteiger partial charge < -0.3 is 9.80 Å². The normalized spacial score (nSPS) is 17.0. The fourth-order valence-corrected chi connectivity index (χ4v) is 4.47. The SMILES string of the molecule is C[C@@H]1CN(c2ccccc2Cl)CCN1C(=O)CCCc1cccc2ncccc12. The van der Waals surface area contributed by atoms with Crippen LogP contribution < -0.4 is 4.90 Å². The zero-order valence-corrected chi connectivity index (χ0v) is 17.5. The van der Waals surface area contributed by atoms with Gasteiger partial charge in [-0.15, -0.1) is 0 Å². The van der Waals surface area contributed by atoms with Crippen LogP contribution in [0, 0.1) is 0 Å². The number of hydrogen-bond donors (Lipinski definition) is 0. The number of nitrogens with zero attached hydrogens (tertiary/aromatic N) is 3. The van der Waals surface area contributed by atoms with Gasteiger partial charge in [0.15, 0.2) is 0 Å². The van der Waals surface area contributed by atoms with E-state index in [9.17, 15) is 4.79 Å². The highest BCUT2D eigenvalue weighted by Gasteiger charge is 2.27. The van der Waals surface area contributed by atoms with Crippen LogP contribution in [0.1, 0.15) is 25.3 Å². The average Bonchev–Trinajstić information content (AvgIpc) is 2.74. The second-order valence-corrected chi connectivity index (χ2v) is 8.08. The number of pyridine rings is 1. The van der Waals surface area contributed by atoms with Crippen LogP contribution >= 0.6 is 11.6 Å². The Balaban J connectivity index is 1.33. The molecule has 0 radical (unpaired) electrons. The Morgan fingerprint density at radius 3 is 2.79 bits per heavy atom. The molecule has 4 rings (SSSR count). The maximum Gasteiger partial charge on any atom is 0.222 e. The van der Waals surface area contributed by atoms with Crippen molar-refractivity contribution in [3.63, 3.8) is 0 Å². The monoisotopic (exact) mass is 407 g/mol. The van der Waals surface area contributed by atoms with E-state index in [1.54, 1.807) is 0 Å². The molecule has 2 heterocycles. The number of fused-ring (bicyclic) bond motifs is 1. The molecule has 1 aromatic heterocycles. The molecule has 3 aromatic rings. The van der Waals surface area contributed by atoms with Gasteiger partial charge in [-0.25, -0.2) is 0 Å². The van der Waals surface area contributed by atoms with E-state index in [-0.39, 0.29) is 11.9 Å². The van der Waals surface area contributed by atoms with Crippen molar-refractivity contribution >= 4 is 34.1 Å². The fourth-order valence-electron chi connectivity index (χ4n) is 4.21. The molecule has 1 fully saturated rings. The van der Waals surface area contributed by atoms with Crippen LogP contribution in [0.4, 0.5) is 5.69 Å². The maximum atomic E-state index is 12.8. The van der Waals surface area contributed by atoms with E-state index in [4.69, 9.17) is 11.6 Å². The van der Waals surface area contributed by atoms with Crippen LogP contribution in [0.3, 0.4) is 0 Å². The molecule has 0 N–H and O–H groups in total. The number of para-hydroxylation sites is 1. The van der Waals surface area contributed by atoms with Crippen molar-refractivity contribution in [1.29, 1.82) is 0 Å². The molecule has 1 aliphatic heterocycles. The van der Waals surface area contributed by atoms with Crippen molar-refractivity contribution in [2.24, 2.45) is 0 Å². The predicted octanol–water partition coefficient (Wildman–Crippen LogP) is 4.95. The lowest BCUT2D eigenvalue weighted by Gasteiger charge is -2.41. The number of hydrogen-bond acceptors (Lipinski definition) is 3. The number of benzene rings is 2. The van der Waals surface area contributed by atoms with Crippen molar-refractivity contribution < 1.29 is 4.79 Å². The summed E-state index contributed by atoms with van der Waals surface area (Å²) < 4.78 is 0. The Morgan fingerprint density at radius 1 is 1.10 bits per heavy atom. The molecule has 150 valence electrons. The molecular formula is C24H26ClN3O. The first-order chi connectivity index (χ1) is 14.1. The molecule has 0 saturated carbocycles. The Bertz CT molecular complexity index is 1000. The number of carbonyl (C=O) groups excluding carboxylic acids is 1. The highest BCUT2D eigenvalue weighted by Crippen LogP contribution is 2.27. The first-order valence-electron chi connectivity index (χ1n) is 10.2. The summed E-state index contributed by atoms with van der Waals surface area (Å²) in [5.41, 5.74) is 3.33. The largest absolute Gasteiger partial charge is 0.367 e. The van der Waals surface area contributed by atoms with Crippen LogP contribution in [0.2, 0.25) is 5.02 Å². The molecule has 4 nitrogen and oxygen atoms in total. The minimum atomic E-state index is 0.175. The number of halogens is 1. The van der Waals surface area contributed by atoms with E-state index in [0.29, 0.717) is 6.42 Å². The Morgan fingerprint density at radius 2 is 1.97 bits per heavy atom. The summed E-state index contributed by atoms with van der Waals surface area (Å²) in [6.45, 7) is 4.49. The number of anilines is 1. The van der Waals surface area contributed by atoms with Gasteiger partial charge in [0.1, 0.15) is 0 Å². The van der Waals surface area contributed by atoms with Crippen molar-refractivity contribution in [1.82, 2.24) is 9.88 Å². The van der Waals surface area contributed by atoms with E-state index in [0.717, 1.165) is 48.7 Å². The number of piperazine rings is 1. The van der Waals surface area contributed by atoms with Crippen LogP contribution in [0.25, 0.3) is 10.9 Å². The summed E-state index contributed by atoms with van der Waals surface area (Å²) in [7, 11) is 0. The number of aromatic nitrogens is 1. The molecule has 1 amide bonds. The molecule has 0 bridgehead atoms. The lowest BCUT2D eigenvalue weighted by molar-refractivity contribution is -0.133. The summed E-state index contributed by atoms with van der Waals surface area (Å²) in [5, 5.41) is 1.95. The van der Waals surface area contributed by atoms with Gasteiger partial charge in [0.2, 0.25) is 5.91 Å². The lowest BCUT2D eigenvalue weighted by atomic mass is 10.0. The Kier molecular flexibility index (Phi) is 6.00. The first kappa shape index (κ1) is 19.7. The molecule has 1 aliphatic rings. The van der Waals surface area contributed by atoms with Crippen molar-refractivity contribution in [2.45, 2.75) is 32.2 Å². The second-order valence-electron chi connectivity index (χ2n) is 7.67. The van der Waals surface area contributed by atoms with Crippen molar-refractivity contribution in [3.8, 4) is 0 Å². The van der Waals surface area contributed by atoms with Gasteiger partial charge in [0.05, 0.1) is 16.2 Å². The highest BCUT2D eigenvalue weighted by atomic mass is 35.5. The van der Waals surface area contributed by atoms with Gasteiger partial charge in [-0.05, 0) is 49.6 Å². The molecule has 1 atom stereocenters. The third kappa shape index (κ3) is 4.38. The minimum Gasteiger partial charge on any atom is -0.367 e. The molecule has 2 aromatic carbocycles. The number of rotatable bonds is 5. The molecular weight excluding hydrogens is 382 g/mol. The van der Waals surface area contributed by atoms with Gasteiger partial charge in [-0.2, -0.15) is 0 Å². The Hall–Kier alpha value is -2.59. The summed E-state index contributed by atoms with van der Waals surface area (Å²) in [5.74, 6) is 0.245. The van der Waals surface area contributed by atoms with E-state index in [1.807, 2.05) is 53.6 Å². The van der Waals surface area contributed by atoms with Crippen LogP contribution in [0.5, 0.6) is 0 Å². The van der Waals surface area contributed by atoms with E-state index < -0.39 is 0 Å². The van der Waals surface area contributed by atoms with E-state index in [1.165, 1.54) is 10.9 Å². The van der Waals surface area contributed by atoms with Crippen LogP contribution in [-0.4, -0.2) is 41.5 Å². The number of amides is 1. The second kappa shape index (κ2) is 8.83. The van der Waals surface area contributed by atoms with Crippen LogP contribution in [-0.2, 0) is 11.2 Å². The highest BCUT2D eigenvalue weighted by molar-refractivity contribution is 6.33. The molecule has 5 heteroatoms. The predicted molar refractivity (Wildman–Crippen MR) is 120 cm³/mol. The summed E-state index contributed by atoms with van der Waals surface area (Å²) in [6, 6.07) is 18.4. The third-order valence-electron chi connectivity index (χ3n) is 5.71. The molecule has 0 unspecified atom stereocenters. The summed E-state index contributed by atoms with van der Waals surface area (Å²) in [4.78, 5) is 21.6. The minimum absolute atomic E-state index is 0.175. The Labute approximate surface area is 177 Å². The molecule has 1 saturated heterocycles. The van der Waals surface area contributed by atoms with Gasteiger partial charge in [-0.3, -0.25) is 9.78 Å². The van der Waals surface area contributed by atoms with Crippen molar-refractivity contribution in [2.75, 3.05) is 24.5 Å². The van der Waals surface area contributed by atoms with E-state index >= 15 is 0 Å². The van der Waals surface area contributed by atoms with Gasteiger partial charge in [0.25, 0.3) is 0 Å². The van der Waals surface area contributed by atoms with Crippen molar-refractivity contribution in [3.05, 3.63) is 71.4 Å². The number of aryl methyl sites for hydroxylation is 1. The third-order valence-corrected chi connectivity index (χ3v) is 6.03. The van der Waals surface area contributed by atoms with E-state index in [2.05, 4.69) is 28.9 Å². The zero-order chi connectivity index (χ0) is 20.2. The van der Waals surface area contributed by atoms with Crippen LogP contribution in [0.15, 0.2) is 60.8 Å². The van der Waals surface area contributed by atoms with Gasteiger partial charge in [-0.1, -0.05) is 41.9 Å².